The fourth-order valence-corrected chi connectivity index (χ4v) is 8.61. The molecule has 2 unspecified atom stereocenters. The molecule has 0 amide bonds. The first-order valence-corrected chi connectivity index (χ1v) is 14.3. The Balaban J connectivity index is 1.48. The molecule has 2 aliphatic rings. The number of nitrogens with one attached hydrogen (secondary N) is 1. The third-order valence-corrected chi connectivity index (χ3v) is 9.59. The monoisotopic (exact) mass is 513 g/mol. The third-order valence-electron chi connectivity index (χ3n) is 9.59. The molecule has 2 nitrogen and oxygen atoms in total. The van der Waals surface area contributed by atoms with E-state index in [0.29, 0.717) is 6.61 Å². The average Bonchev–Trinajstić information content (AvgIpc) is 2.97. The second kappa shape index (κ2) is 9.83. The van der Waals surface area contributed by atoms with E-state index in [1.54, 1.807) is 0 Å². The molecule has 4 aromatic rings. The molecular weight excluding hydrogens is 474 g/mol. The van der Waals surface area contributed by atoms with Crippen molar-refractivity contribution in [1.82, 2.24) is 0 Å². The quantitative estimate of drug-likeness (QED) is 0.203. The average molecular weight is 514 g/mol. The van der Waals surface area contributed by atoms with Gasteiger partial charge in [0.2, 0.25) is 5.90 Å². The van der Waals surface area contributed by atoms with E-state index >= 15 is 0 Å². The Morgan fingerprint density at radius 3 is 1.44 bits per heavy atom. The molecule has 0 spiro atoms. The van der Waals surface area contributed by atoms with Gasteiger partial charge in [0.25, 0.3) is 0 Å². The van der Waals surface area contributed by atoms with Crippen LogP contribution in [0.2, 0.25) is 0 Å². The molecule has 0 saturated heterocycles. The number of benzene rings is 4. The van der Waals surface area contributed by atoms with Crippen LogP contribution in [0.5, 0.6) is 0 Å². The first-order chi connectivity index (χ1) is 18.8. The predicted octanol–water partition coefficient (Wildman–Crippen LogP) is 8.85. The molecule has 0 aromatic heterocycles. The van der Waals surface area contributed by atoms with E-state index in [9.17, 15) is 0 Å². The fourth-order valence-electron chi connectivity index (χ4n) is 8.61. The van der Waals surface area contributed by atoms with Crippen LogP contribution in [0.15, 0.2) is 121 Å². The Hall–Kier alpha value is -3.65. The van der Waals surface area contributed by atoms with Gasteiger partial charge in [-0.25, -0.2) is 0 Å². The predicted molar refractivity (Wildman–Crippen MR) is 160 cm³/mol. The Morgan fingerprint density at radius 1 is 0.564 bits per heavy atom. The first kappa shape index (κ1) is 25.6. The maximum atomic E-state index is 8.79. The molecule has 2 saturated carbocycles. The van der Waals surface area contributed by atoms with Crippen LogP contribution in [0.4, 0.5) is 0 Å². The van der Waals surface area contributed by atoms with Gasteiger partial charge in [-0.1, -0.05) is 123 Å². The van der Waals surface area contributed by atoms with Crippen LogP contribution >= 0.6 is 0 Å². The molecule has 6 rings (SSSR count). The van der Waals surface area contributed by atoms with Crippen molar-refractivity contribution in [3.8, 4) is 0 Å². The van der Waals surface area contributed by atoms with Crippen LogP contribution in [0, 0.1) is 10.8 Å². The molecule has 0 heterocycles. The number of ether oxygens (including phenoxy) is 1. The molecule has 2 fully saturated rings. The van der Waals surface area contributed by atoms with Gasteiger partial charge in [0.05, 0.1) is 6.61 Å². The standard InChI is InChI=1S/C37H39NO/c1-34(30-17-9-4-10-18-30)23-36(28-39-33(38)29-15-7-3-8-16-29)24-35(2,31-19-11-5-12-20-31)26-37(25-34,27-36)32-21-13-6-14-22-32/h3-22,38H,23-28H2,1-2H3. The molecule has 2 aliphatic carbocycles. The Labute approximate surface area is 233 Å². The second-order valence-electron chi connectivity index (χ2n) is 12.9. The summed E-state index contributed by atoms with van der Waals surface area (Å²) in [5.41, 5.74) is 5.04. The lowest BCUT2D eigenvalue weighted by atomic mass is 9.41. The van der Waals surface area contributed by atoms with E-state index < -0.39 is 0 Å². The van der Waals surface area contributed by atoms with Crippen LogP contribution in [-0.4, -0.2) is 12.5 Å². The summed E-state index contributed by atoms with van der Waals surface area (Å²) in [6.07, 6.45) is 5.38. The van der Waals surface area contributed by atoms with E-state index in [4.69, 9.17) is 10.1 Å². The van der Waals surface area contributed by atoms with Gasteiger partial charge in [-0.15, -0.1) is 0 Å². The van der Waals surface area contributed by atoms with Crippen molar-refractivity contribution in [3.05, 3.63) is 144 Å². The van der Waals surface area contributed by atoms with E-state index in [1.807, 2.05) is 30.3 Å². The van der Waals surface area contributed by atoms with Crippen LogP contribution in [0.25, 0.3) is 0 Å². The van der Waals surface area contributed by atoms with Crippen molar-refractivity contribution >= 4 is 5.90 Å². The van der Waals surface area contributed by atoms with Crippen molar-refractivity contribution in [1.29, 1.82) is 5.41 Å². The molecule has 2 bridgehead atoms. The van der Waals surface area contributed by atoms with E-state index in [-0.39, 0.29) is 27.6 Å². The molecule has 39 heavy (non-hydrogen) atoms. The zero-order valence-electron chi connectivity index (χ0n) is 23.2. The second-order valence-corrected chi connectivity index (χ2v) is 12.9. The van der Waals surface area contributed by atoms with Gasteiger partial charge in [-0.2, -0.15) is 0 Å². The lowest BCUT2D eigenvalue weighted by Gasteiger charge is -2.63. The summed E-state index contributed by atoms with van der Waals surface area (Å²) in [7, 11) is 0. The van der Waals surface area contributed by atoms with Crippen LogP contribution in [-0.2, 0) is 21.0 Å². The highest BCUT2D eigenvalue weighted by molar-refractivity contribution is 5.91. The zero-order chi connectivity index (χ0) is 27.0. The third kappa shape index (κ3) is 4.82. The number of hydrogen-bond acceptors (Lipinski definition) is 2. The van der Waals surface area contributed by atoms with Crippen molar-refractivity contribution in [2.75, 3.05) is 6.61 Å². The summed E-state index contributed by atoms with van der Waals surface area (Å²) in [6.45, 7) is 5.50. The fraction of sp³-hybridized carbons (Fsp3) is 0.324. The first-order valence-electron chi connectivity index (χ1n) is 14.3. The molecule has 198 valence electrons. The van der Waals surface area contributed by atoms with Crippen LogP contribution in [0.1, 0.15) is 68.2 Å². The summed E-state index contributed by atoms with van der Waals surface area (Å²) in [5, 5.41) is 8.79. The summed E-state index contributed by atoms with van der Waals surface area (Å²) >= 11 is 0. The van der Waals surface area contributed by atoms with Crippen LogP contribution in [0.3, 0.4) is 0 Å². The molecule has 0 aliphatic heterocycles. The smallest absolute Gasteiger partial charge is 0.213 e. The molecule has 2 heteroatoms. The van der Waals surface area contributed by atoms with E-state index in [2.05, 4.69) is 105 Å². The zero-order valence-corrected chi connectivity index (χ0v) is 23.2. The van der Waals surface area contributed by atoms with Crippen molar-refractivity contribution in [2.24, 2.45) is 5.41 Å². The van der Waals surface area contributed by atoms with Gasteiger partial charge in [-0.05, 0) is 77.2 Å². The SMILES string of the molecule is CC1(c2ccccc2)CC2(COC(=N)c3ccccc3)CC(C)(c3ccccc3)CC(c3ccccc3)(C2)C1. The summed E-state index contributed by atoms with van der Waals surface area (Å²) in [6, 6.07) is 43.4. The minimum atomic E-state index is -0.0807. The minimum Gasteiger partial charge on any atom is -0.477 e. The number of hydrogen-bond donors (Lipinski definition) is 1. The summed E-state index contributed by atoms with van der Waals surface area (Å²) in [5.74, 6) is 0.272. The molecule has 0 radical (unpaired) electrons. The highest BCUT2D eigenvalue weighted by atomic mass is 16.5. The molecular formula is C37H39NO. The van der Waals surface area contributed by atoms with Crippen LogP contribution < -0.4 is 0 Å². The lowest BCUT2D eigenvalue weighted by Crippen LogP contribution is -2.58. The summed E-state index contributed by atoms with van der Waals surface area (Å²) in [4.78, 5) is 0. The molecule has 2 atom stereocenters. The van der Waals surface area contributed by atoms with Gasteiger partial charge >= 0.3 is 0 Å². The number of rotatable bonds is 6. The van der Waals surface area contributed by atoms with E-state index in [0.717, 1.165) is 37.7 Å². The maximum Gasteiger partial charge on any atom is 0.213 e. The molecule has 1 N–H and O–H groups in total. The van der Waals surface area contributed by atoms with Crippen molar-refractivity contribution in [2.45, 2.75) is 62.2 Å². The Morgan fingerprint density at radius 2 is 0.974 bits per heavy atom. The topological polar surface area (TPSA) is 33.1 Å². The van der Waals surface area contributed by atoms with Crippen molar-refractivity contribution < 1.29 is 4.74 Å². The highest BCUT2D eigenvalue weighted by Gasteiger charge is 2.61. The van der Waals surface area contributed by atoms with Gasteiger partial charge in [0.1, 0.15) is 0 Å². The largest absolute Gasteiger partial charge is 0.477 e. The normalized spacial score (nSPS) is 29.9. The van der Waals surface area contributed by atoms with Gasteiger partial charge < -0.3 is 4.74 Å². The van der Waals surface area contributed by atoms with Crippen molar-refractivity contribution in [3.63, 3.8) is 0 Å². The summed E-state index contributed by atoms with van der Waals surface area (Å²) < 4.78 is 6.47. The van der Waals surface area contributed by atoms with Gasteiger partial charge in [-0.3, -0.25) is 5.41 Å². The Bertz CT molecular complexity index is 1350. The van der Waals surface area contributed by atoms with Gasteiger partial charge in [0, 0.05) is 11.0 Å². The lowest BCUT2D eigenvalue weighted by molar-refractivity contribution is -0.0599. The van der Waals surface area contributed by atoms with E-state index in [1.165, 1.54) is 16.7 Å². The number of fused-ring (bicyclic) bond motifs is 2. The Kier molecular flexibility index (Phi) is 6.46. The minimum absolute atomic E-state index is 0.00520. The van der Waals surface area contributed by atoms with Gasteiger partial charge in [0.15, 0.2) is 0 Å². The highest BCUT2D eigenvalue weighted by Crippen LogP contribution is 2.66. The molecule has 4 aromatic carbocycles. The maximum absolute atomic E-state index is 8.79.